The van der Waals surface area contributed by atoms with Crippen LogP contribution in [0.25, 0.3) is 0 Å². The lowest BCUT2D eigenvalue weighted by molar-refractivity contribution is -0.307. The van der Waals surface area contributed by atoms with E-state index in [4.69, 9.17) is 18.9 Å². The Hall–Kier alpha value is -2.58. The molecule has 174 valence electrons. The van der Waals surface area contributed by atoms with Crippen LogP contribution in [0, 0.1) is 0 Å². The van der Waals surface area contributed by atoms with E-state index in [-0.39, 0.29) is 13.2 Å². The largest absolute Gasteiger partial charge is 0.385 e. The predicted molar refractivity (Wildman–Crippen MR) is 123 cm³/mol. The molecule has 0 unspecified atom stereocenters. The van der Waals surface area contributed by atoms with Gasteiger partial charge >= 0.3 is 0 Å². The monoisotopic (exact) mass is 450 g/mol. The van der Waals surface area contributed by atoms with E-state index in [0.29, 0.717) is 13.2 Å². The lowest BCUT2D eigenvalue weighted by Gasteiger charge is -2.42. The maximum atomic E-state index is 10.7. The van der Waals surface area contributed by atoms with Crippen molar-refractivity contribution in [2.24, 2.45) is 0 Å². The van der Waals surface area contributed by atoms with Crippen molar-refractivity contribution in [2.75, 3.05) is 6.61 Å². The summed E-state index contributed by atoms with van der Waals surface area (Å²) >= 11 is 0. The lowest BCUT2D eigenvalue weighted by atomic mass is 9.98. The molecule has 1 saturated heterocycles. The fourth-order valence-corrected chi connectivity index (χ4v) is 3.84. The molecule has 0 aromatic heterocycles. The van der Waals surface area contributed by atoms with Gasteiger partial charge in [-0.1, -0.05) is 91.0 Å². The third-order valence-corrected chi connectivity index (χ3v) is 5.60. The zero-order valence-electron chi connectivity index (χ0n) is 18.4. The topological polar surface area (TPSA) is 77.4 Å². The molecule has 1 fully saturated rings. The second-order valence-electron chi connectivity index (χ2n) is 8.08. The van der Waals surface area contributed by atoms with Gasteiger partial charge in [0.2, 0.25) is 0 Å². The first-order valence-electron chi connectivity index (χ1n) is 11.1. The molecule has 1 aliphatic heterocycles. The highest BCUT2D eigenvalue weighted by atomic mass is 16.7. The van der Waals surface area contributed by atoms with Gasteiger partial charge in [-0.25, -0.2) is 0 Å². The Kier molecular flexibility index (Phi) is 8.60. The lowest BCUT2D eigenvalue weighted by Crippen LogP contribution is -2.60. The minimum Gasteiger partial charge on any atom is -0.385 e. The van der Waals surface area contributed by atoms with E-state index < -0.39 is 30.7 Å². The van der Waals surface area contributed by atoms with Crippen LogP contribution < -0.4 is 0 Å². The summed E-state index contributed by atoms with van der Waals surface area (Å²) in [6.45, 7) is 1.18. The van der Waals surface area contributed by atoms with Gasteiger partial charge in [0.25, 0.3) is 0 Å². The summed E-state index contributed by atoms with van der Waals surface area (Å²) in [6.07, 6.45) is -4.68. The molecule has 4 rings (SSSR count). The van der Waals surface area contributed by atoms with Crippen molar-refractivity contribution in [3.8, 4) is 0 Å². The molecule has 0 saturated carbocycles. The smallest absolute Gasteiger partial charge is 0.184 e. The van der Waals surface area contributed by atoms with E-state index in [1.165, 1.54) is 0 Å². The summed E-state index contributed by atoms with van der Waals surface area (Å²) in [4.78, 5) is 0. The molecule has 3 aromatic carbocycles. The van der Waals surface area contributed by atoms with Gasteiger partial charge in [0.1, 0.15) is 24.4 Å². The third kappa shape index (κ3) is 6.71. The third-order valence-electron chi connectivity index (χ3n) is 5.60. The van der Waals surface area contributed by atoms with Crippen LogP contribution in [0.1, 0.15) is 16.7 Å². The molecule has 6 heteroatoms. The summed E-state index contributed by atoms with van der Waals surface area (Å²) in [5.74, 6) is 0. The maximum absolute atomic E-state index is 10.7. The average Bonchev–Trinajstić information content (AvgIpc) is 2.86. The van der Waals surface area contributed by atoms with Gasteiger partial charge < -0.3 is 29.2 Å². The van der Waals surface area contributed by atoms with Crippen LogP contribution in [-0.2, 0) is 38.8 Å². The Balaban J connectivity index is 1.46. The number of aliphatic hydroxyl groups excluding tert-OH is 2. The normalized spacial score (nSPS) is 25.1. The minimum absolute atomic E-state index is 0.184. The molecule has 33 heavy (non-hydrogen) atoms. The number of ether oxygens (including phenoxy) is 4. The Morgan fingerprint density at radius 3 is 1.58 bits per heavy atom. The second-order valence-corrected chi connectivity index (χ2v) is 8.08. The minimum atomic E-state index is -1.40. The highest BCUT2D eigenvalue weighted by Gasteiger charge is 2.46. The van der Waals surface area contributed by atoms with E-state index >= 15 is 0 Å². The van der Waals surface area contributed by atoms with E-state index in [9.17, 15) is 10.2 Å². The van der Waals surface area contributed by atoms with Crippen molar-refractivity contribution in [3.63, 3.8) is 0 Å². The molecule has 0 spiro atoms. The first-order chi connectivity index (χ1) is 16.2. The Bertz CT molecular complexity index is 937. The van der Waals surface area contributed by atoms with Crippen LogP contribution in [0.4, 0.5) is 0 Å². The molecule has 0 amide bonds. The Morgan fingerprint density at radius 2 is 1.06 bits per heavy atom. The van der Waals surface area contributed by atoms with E-state index in [2.05, 4.69) is 0 Å². The van der Waals surface area contributed by atoms with Crippen LogP contribution >= 0.6 is 0 Å². The fraction of sp³-hybridized carbons (Fsp3) is 0.333. The first kappa shape index (κ1) is 23.6. The highest BCUT2D eigenvalue weighted by molar-refractivity contribution is 5.15. The SMILES string of the molecule is O[C@H]1[C@H](OCc2ccccc2)[C@H](OCc2ccccc2)[C@@H](COCc2ccccc2)O[C@H]1O. The zero-order chi connectivity index (χ0) is 22.9. The molecule has 6 nitrogen and oxygen atoms in total. The standard InChI is InChI=1S/C27H30O6/c28-24-26(32-18-22-14-8-3-9-15-22)25(31-17-21-12-6-2-7-13-21)23(33-27(24)29)19-30-16-20-10-4-1-5-11-20/h1-15,23-29H,16-19H2/t23-,24+,25-,26+,27-/m1/s1. The summed E-state index contributed by atoms with van der Waals surface area (Å²) < 4.78 is 23.9. The molecule has 0 bridgehead atoms. The van der Waals surface area contributed by atoms with Crippen molar-refractivity contribution in [3.05, 3.63) is 108 Å². The van der Waals surface area contributed by atoms with Gasteiger partial charge in [0.15, 0.2) is 6.29 Å². The first-order valence-corrected chi connectivity index (χ1v) is 11.1. The van der Waals surface area contributed by atoms with Crippen LogP contribution in [0.15, 0.2) is 91.0 Å². The highest BCUT2D eigenvalue weighted by Crippen LogP contribution is 2.27. The van der Waals surface area contributed by atoms with Gasteiger partial charge in [-0.15, -0.1) is 0 Å². The van der Waals surface area contributed by atoms with Gasteiger partial charge in [-0.05, 0) is 16.7 Å². The molecular formula is C27H30O6. The van der Waals surface area contributed by atoms with E-state index in [1.807, 2.05) is 91.0 Å². The molecule has 2 N–H and O–H groups in total. The maximum Gasteiger partial charge on any atom is 0.184 e. The van der Waals surface area contributed by atoms with Crippen LogP contribution in [0.2, 0.25) is 0 Å². The number of hydrogen-bond acceptors (Lipinski definition) is 6. The van der Waals surface area contributed by atoms with Gasteiger partial charge in [-0.2, -0.15) is 0 Å². The summed E-state index contributed by atoms with van der Waals surface area (Å²) in [5, 5.41) is 21.1. The summed E-state index contributed by atoms with van der Waals surface area (Å²) in [6, 6.07) is 29.3. The molecule has 0 aliphatic carbocycles. The average molecular weight is 451 g/mol. The van der Waals surface area contributed by atoms with Crippen molar-refractivity contribution in [2.45, 2.75) is 50.5 Å². The Labute approximate surface area is 194 Å². The second kappa shape index (κ2) is 12.0. The number of benzene rings is 3. The quantitative estimate of drug-likeness (QED) is 0.493. The zero-order valence-corrected chi connectivity index (χ0v) is 18.4. The van der Waals surface area contributed by atoms with E-state index in [0.717, 1.165) is 16.7 Å². The number of rotatable bonds is 10. The van der Waals surface area contributed by atoms with Crippen molar-refractivity contribution < 1.29 is 29.2 Å². The molecule has 5 atom stereocenters. The van der Waals surface area contributed by atoms with Crippen molar-refractivity contribution >= 4 is 0 Å². The molecule has 1 heterocycles. The van der Waals surface area contributed by atoms with Crippen LogP contribution in [0.5, 0.6) is 0 Å². The van der Waals surface area contributed by atoms with Crippen molar-refractivity contribution in [1.29, 1.82) is 0 Å². The molecule has 1 aliphatic rings. The predicted octanol–water partition coefficient (Wildman–Crippen LogP) is 3.45. The number of hydrogen-bond donors (Lipinski definition) is 2. The Morgan fingerprint density at radius 1 is 0.606 bits per heavy atom. The molecular weight excluding hydrogens is 420 g/mol. The van der Waals surface area contributed by atoms with Crippen LogP contribution in [0.3, 0.4) is 0 Å². The molecule has 3 aromatic rings. The molecule has 0 radical (unpaired) electrons. The summed E-state index contributed by atoms with van der Waals surface area (Å²) in [5.41, 5.74) is 2.99. The van der Waals surface area contributed by atoms with Crippen LogP contribution in [-0.4, -0.2) is 47.5 Å². The van der Waals surface area contributed by atoms with Gasteiger partial charge in [-0.3, -0.25) is 0 Å². The number of aliphatic hydroxyl groups is 2. The van der Waals surface area contributed by atoms with Crippen molar-refractivity contribution in [1.82, 2.24) is 0 Å². The summed E-state index contributed by atoms with van der Waals surface area (Å²) in [7, 11) is 0. The van der Waals surface area contributed by atoms with Gasteiger partial charge in [0, 0.05) is 0 Å². The fourth-order valence-electron chi connectivity index (χ4n) is 3.84. The van der Waals surface area contributed by atoms with E-state index in [1.54, 1.807) is 0 Å². The van der Waals surface area contributed by atoms with Gasteiger partial charge in [0.05, 0.1) is 26.4 Å².